The van der Waals surface area contributed by atoms with Gasteiger partial charge < -0.3 is 4.90 Å². The van der Waals surface area contributed by atoms with Crippen LogP contribution in [0, 0.1) is 5.92 Å². The summed E-state index contributed by atoms with van der Waals surface area (Å²) in [6, 6.07) is 9.63. The zero-order chi connectivity index (χ0) is 21.2. The van der Waals surface area contributed by atoms with Crippen LogP contribution in [0.1, 0.15) is 60.5 Å². The zero-order valence-electron chi connectivity index (χ0n) is 17.4. The molecule has 7 heteroatoms. The average molecular weight is 435 g/mol. The van der Waals surface area contributed by atoms with E-state index in [9.17, 15) is 9.59 Å². The minimum atomic E-state index is -0.179. The fraction of sp³-hybridized carbons (Fsp3) is 0.417. The molecule has 2 aromatic heterocycles. The Hall–Kier alpha value is -2.80. The summed E-state index contributed by atoms with van der Waals surface area (Å²) in [5.74, 6) is 0.814. The van der Waals surface area contributed by atoms with Crippen molar-refractivity contribution in [2.24, 2.45) is 5.92 Å². The maximum Gasteiger partial charge on any atom is 0.258 e. The van der Waals surface area contributed by atoms with E-state index in [-0.39, 0.29) is 17.7 Å². The summed E-state index contributed by atoms with van der Waals surface area (Å²) in [6.45, 7) is 1.45. The van der Waals surface area contributed by atoms with Crippen molar-refractivity contribution in [2.45, 2.75) is 44.4 Å². The van der Waals surface area contributed by atoms with Gasteiger partial charge in [0.1, 0.15) is 0 Å². The lowest BCUT2D eigenvalue weighted by molar-refractivity contribution is -0.131. The van der Waals surface area contributed by atoms with E-state index in [1.165, 1.54) is 37.0 Å². The first-order valence-electron chi connectivity index (χ1n) is 11.1. The van der Waals surface area contributed by atoms with Crippen LogP contribution < -0.4 is 5.32 Å². The van der Waals surface area contributed by atoms with Gasteiger partial charge in [-0.1, -0.05) is 31.0 Å². The van der Waals surface area contributed by atoms with Crippen molar-refractivity contribution >= 4 is 39.2 Å². The normalized spacial score (nSPS) is 19.2. The van der Waals surface area contributed by atoms with E-state index < -0.39 is 0 Å². The quantitative estimate of drug-likeness (QED) is 0.623. The molecule has 1 N–H and O–H groups in total. The van der Waals surface area contributed by atoms with Gasteiger partial charge in [-0.25, -0.2) is 4.98 Å². The number of para-hydroxylation sites is 1. The highest BCUT2D eigenvalue weighted by Gasteiger charge is 2.31. The molecule has 160 valence electrons. The number of benzene rings is 1. The molecule has 1 aliphatic heterocycles. The van der Waals surface area contributed by atoms with Crippen molar-refractivity contribution < 1.29 is 9.59 Å². The molecule has 2 fully saturated rings. The third kappa shape index (κ3) is 4.32. The van der Waals surface area contributed by atoms with Crippen LogP contribution in [0.4, 0.5) is 5.13 Å². The van der Waals surface area contributed by atoms with E-state index in [2.05, 4.69) is 10.3 Å². The molecule has 2 aliphatic rings. The van der Waals surface area contributed by atoms with E-state index in [4.69, 9.17) is 4.98 Å². The van der Waals surface area contributed by atoms with E-state index >= 15 is 0 Å². The molecule has 1 unspecified atom stereocenters. The number of hydrogen-bond acceptors (Lipinski definition) is 5. The Balaban J connectivity index is 1.37. The molecule has 31 heavy (non-hydrogen) atoms. The number of aromatic nitrogens is 2. The molecule has 1 saturated carbocycles. The van der Waals surface area contributed by atoms with Gasteiger partial charge in [-0.05, 0) is 37.3 Å². The molecular weight excluding hydrogens is 408 g/mol. The molecule has 1 saturated heterocycles. The van der Waals surface area contributed by atoms with Crippen molar-refractivity contribution in [1.82, 2.24) is 14.9 Å². The number of thiazole rings is 1. The third-order valence-corrected chi connectivity index (χ3v) is 7.22. The third-order valence-electron chi connectivity index (χ3n) is 6.53. The second-order valence-corrected chi connectivity index (χ2v) is 9.48. The lowest BCUT2D eigenvalue weighted by Crippen LogP contribution is -2.29. The molecular formula is C24H26N4O2S. The lowest BCUT2D eigenvalue weighted by atomic mass is 9.99. The Morgan fingerprint density at radius 2 is 2.00 bits per heavy atom. The van der Waals surface area contributed by atoms with Crippen molar-refractivity contribution in [1.29, 1.82) is 0 Å². The standard InChI is InChI=1S/C24H26N4O2S/c29-22(13-16-5-1-2-6-16)28-11-9-17(15-28)21-14-19(18-7-3-4-8-20(18)26-21)23(30)27-24-25-10-12-31-24/h3-4,7-8,10,12,14,16-17H,1-2,5-6,9,11,13,15H2,(H,25,27,30). The number of carbonyl (C=O) groups excluding carboxylic acids is 2. The molecule has 1 atom stereocenters. The molecule has 2 amide bonds. The van der Waals surface area contributed by atoms with Crippen LogP contribution in [0.25, 0.3) is 10.9 Å². The smallest absolute Gasteiger partial charge is 0.258 e. The summed E-state index contributed by atoms with van der Waals surface area (Å²) in [6.07, 6.45) is 8.13. The number of fused-ring (bicyclic) bond motifs is 1. The maximum absolute atomic E-state index is 13.0. The molecule has 3 heterocycles. The van der Waals surface area contributed by atoms with Gasteiger partial charge in [0.15, 0.2) is 5.13 Å². The van der Waals surface area contributed by atoms with Crippen molar-refractivity contribution in [2.75, 3.05) is 18.4 Å². The number of nitrogens with one attached hydrogen (secondary N) is 1. The zero-order valence-corrected chi connectivity index (χ0v) is 18.2. The highest BCUT2D eigenvalue weighted by Crippen LogP contribution is 2.32. The number of nitrogens with zero attached hydrogens (tertiary/aromatic N) is 3. The van der Waals surface area contributed by atoms with Crippen LogP contribution in [0.15, 0.2) is 41.9 Å². The Labute approximate surface area is 185 Å². The lowest BCUT2D eigenvalue weighted by Gasteiger charge is -2.19. The van der Waals surface area contributed by atoms with Crippen molar-refractivity contribution in [3.8, 4) is 0 Å². The van der Waals surface area contributed by atoms with Gasteiger partial charge in [-0.15, -0.1) is 11.3 Å². The maximum atomic E-state index is 13.0. The largest absolute Gasteiger partial charge is 0.342 e. The molecule has 0 radical (unpaired) electrons. The first-order valence-corrected chi connectivity index (χ1v) is 11.9. The Morgan fingerprint density at radius 3 is 2.81 bits per heavy atom. The number of likely N-dealkylation sites (tertiary alicyclic amines) is 1. The number of anilines is 1. The molecule has 3 aromatic rings. The highest BCUT2D eigenvalue weighted by molar-refractivity contribution is 7.13. The molecule has 5 rings (SSSR count). The molecule has 0 spiro atoms. The van der Waals surface area contributed by atoms with Crippen molar-refractivity contribution in [3.63, 3.8) is 0 Å². The summed E-state index contributed by atoms with van der Waals surface area (Å²) in [5.41, 5.74) is 2.30. The second-order valence-electron chi connectivity index (χ2n) is 8.58. The van der Waals surface area contributed by atoms with Crippen LogP contribution in [0.3, 0.4) is 0 Å². The Bertz CT molecular complexity index is 1090. The highest BCUT2D eigenvalue weighted by atomic mass is 32.1. The van der Waals surface area contributed by atoms with Crippen LogP contribution in [0.5, 0.6) is 0 Å². The monoisotopic (exact) mass is 434 g/mol. The summed E-state index contributed by atoms with van der Waals surface area (Å²) in [7, 11) is 0. The Morgan fingerprint density at radius 1 is 1.16 bits per heavy atom. The van der Waals surface area contributed by atoms with E-state index in [0.29, 0.717) is 29.6 Å². The van der Waals surface area contributed by atoms with Gasteiger partial charge >= 0.3 is 0 Å². The number of hydrogen-bond donors (Lipinski definition) is 1. The van der Waals surface area contributed by atoms with Gasteiger partial charge in [-0.3, -0.25) is 19.9 Å². The van der Waals surface area contributed by atoms with Crippen LogP contribution >= 0.6 is 11.3 Å². The Kier molecular flexibility index (Phi) is 5.68. The SMILES string of the molecule is O=C(Nc1nccs1)c1cc(C2CCN(C(=O)CC3CCCC3)C2)nc2ccccc12. The van der Waals surface area contributed by atoms with E-state index in [1.807, 2.05) is 40.6 Å². The number of carbonyl (C=O) groups is 2. The number of pyridine rings is 1. The van der Waals surface area contributed by atoms with Gasteiger partial charge in [0, 0.05) is 48.1 Å². The minimum absolute atomic E-state index is 0.156. The van der Waals surface area contributed by atoms with Crippen LogP contribution in [0.2, 0.25) is 0 Å². The molecule has 1 aromatic carbocycles. The minimum Gasteiger partial charge on any atom is -0.342 e. The van der Waals surface area contributed by atoms with Gasteiger partial charge in [0.25, 0.3) is 5.91 Å². The van der Waals surface area contributed by atoms with Crippen molar-refractivity contribution in [3.05, 3.63) is 53.2 Å². The van der Waals surface area contributed by atoms with Crippen LogP contribution in [-0.2, 0) is 4.79 Å². The summed E-state index contributed by atoms with van der Waals surface area (Å²) in [4.78, 5) is 36.8. The predicted molar refractivity (Wildman–Crippen MR) is 122 cm³/mol. The first-order chi connectivity index (χ1) is 15.2. The van der Waals surface area contributed by atoms with Gasteiger partial charge in [0.05, 0.1) is 11.1 Å². The molecule has 0 bridgehead atoms. The first kappa shape index (κ1) is 20.1. The summed E-state index contributed by atoms with van der Waals surface area (Å²) < 4.78 is 0. The van der Waals surface area contributed by atoms with Gasteiger partial charge in [0.2, 0.25) is 5.91 Å². The summed E-state index contributed by atoms with van der Waals surface area (Å²) in [5, 5.41) is 6.13. The second kappa shape index (κ2) is 8.75. The van der Waals surface area contributed by atoms with E-state index in [1.54, 1.807) is 6.20 Å². The molecule has 1 aliphatic carbocycles. The fourth-order valence-electron chi connectivity index (χ4n) is 4.86. The fourth-order valence-corrected chi connectivity index (χ4v) is 5.39. The predicted octanol–water partition coefficient (Wildman–Crippen LogP) is 4.84. The molecule has 6 nitrogen and oxygen atoms in total. The number of rotatable bonds is 5. The van der Waals surface area contributed by atoms with Gasteiger partial charge in [-0.2, -0.15) is 0 Å². The average Bonchev–Trinajstić information content (AvgIpc) is 3.55. The topological polar surface area (TPSA) is 75.2 Å². The summed E-state index contributed by atoms with van der Waals surface area (Å²) >= 11 is 1.39. The number of amides is 2. The van der Waals surface area contributed by atoms with E-state index in [0.717, 1.165) is 29.6 Å². The van der Waals surface area contributed by atoms with Crippen LogP contribution in [-0.4, -0.2) is 39.8 Å².